The largest absolute Gasteiger partial charge is 0.456 e. The maximum Gasteiger partial charge on any atom is 0.231 e. The van der Waals surface area contributed by atoms with Gasteiger partial charge in [0.05, 0.1) is 0 Å². The summed E-state index contributed by atoms with van der Waals surface area (Å²) in [6.07, 6.45) is 13.9. The van der Waals surface area contributed by atoms with E-state index in [1.807, 2.05) is 0 Å². The van der Waals surface area contributed by atoms with E-state index in [-0.39, 0.29) is 73.1 Å². The summed E-state index contributed by atoms with van der Waals surface area (Å²) in [5.41, 5.74) is 7.49. The van der Waals surface area contributed by atoms with E-state index in [1.165, 1.54) is 0 Å². The summed E-state index contributed by atoms with van der Waals surface area (Å²) in [4.78, 5) is 0. The van der Waals surface area contributed by atoms with Crippen LogP contribution in [0.4, 0.5) is 0 Å². The van der Waals surface area contributed by atoms with Gasteiger partial charge in [0.1, 0.15) is 92.5 Å². The van der Waals surface area contributed by atoms with Gasteiger partial charge in [-0.2, -0.15) is 21.0 Å². The highest BCUT2D eigenvalue weighted by Gasteiger charge is 2.41. The highest BCUT2D eigenvalue weighted by Crippen LogP contribution is 2.58. The van der Waals surface area contributed by atoms with Crippen molar-refractivity contribution < 1.29 is 37.9 Å². The topological polar surface area (TPSA) is 169 Å². The quantitative estimate of drug-likeness (QED) is 0.0976. The van der Waals surface area contributed by atoms with Gasteiger partial charge < -0.3 is 37.9 Å². The summed E-state index contributed by atoms with van der Waals surface area (Å²) >= 11 is 0. The maximum absolute atomic E-state index is 11.3. The fourth-order valence-corrected chi connectivity index (χ4v) is 11.4. The summed E-state index contributed by atoms with van der Waals surface area (Å²) in [6.45, 7) is 7.57. The van der Waals surface area contributed by atoms with Gasteiger partial charge in [-0.05, 0) is 49.9 Å². The molecule has 1 aliphatic carbocycles. The first-order valence-electron chi connectivity index (χ1n) is 24.9. The molecule has 0 spiro atoms. The van der Waals surface area contributed by atoms with Crippen molar-refractivity contribution in [1.82, 2.24) is 0 Å². The highest BCUT2D eigenvalue weighted by atomic mass is 16.7. The van der Waals surface area contributed by atoms with Gasteiger partial charge in [0.15, 0.2) is 0 Å². The lowest BCUT2D eigenvalue weighted by Crippen LogP contribution is -2.24. The molecule has 0 aromatic heterocycles. The van der Waals surface area contributed by atoms with Crippen molar-refractivity contribution in [2.75, 3.05) is 27.2 Å². The van der Waals surface area contributed by atoms with E-state index in [9.17, 15) is 21.0 Å². The highest BCUT2D eigenvalue weighted by molar-refractivity contribution is 5.73. The first kappa shape index (κ1) is 46.4. The smallest absolute Gasteiger partial charge is 0.231 e. The molecule has 8 bridgehead atoms. The molecule has 4 aromatic rings. The van der Waals surface area contributed by atoms with E-state index < -0.39 is 0 Å². The molecule has 0 unspecified atom stereocenters. The monoisotopic (exact) mass is 916 g/mol. The van der Waals surface area contributed by atoms with Crippen LogP contribution in [0.5, 0.6) is 46.0 Å². The van der Waals surface area contributed by atoms with Crippen molar-refractivity contribution in [2.45, 2.75) is 154 Å². The molecular weight excluding hydrogens is 857 g/mol. The van der Waals surface area contributed by atoms with Gasteiger partial charge in [-0.3, -0.25) is 0 Å². The first-order valence-corrected chi connectivity index (χ1v) is 24.9. The zero-order valence-corrected chi connectivity index (χ0v) is 39.8. The second kappa shape index (κ2) is 20.6. The van der Waals surface area contributed by atoms with Crippen molar-refractivity contribution in [3.63, 3.8) is 0 Å². The summed E-state index contributed by atoms with van der Waals surface area (Å²) < 4.78 is 52.5. The van der Waals surface area contributed by atoms with E-state index >= 15 is 0 Å². The molecule has 68 heavy (non-hydrogen) atoms. The normalized spacial score (nSPS) is 18.7. The molecule has 0 amide bonds. The Hall–Kier alpha value is -6.76. The van der Waals surface area contributed by atoms with E-state index in [2.05, 4.69) is 76.2 Å². The number of hydrogen-bond donors (Lipinski definition) is 0. The molecule has 0 saturated carbocycles. The molecule has 0 saturated heterocycles. The zero-order chi connectivity index (χ0) is 47.3. The first-order chi connectivity index (χ1) is 33.5. The molecule has 0 fully saturated rings. The van der Waals surface area contributed by atoms with Crippen LogP contribution in [0.2, 0.25) is 0 Å². The Balaban J connectivity index is 1.49. The summed E-state index contributed by atoms with van der Waals surface area (Å²) in [6, 6.07) is 18.7. The lowest BCUT2D eigenvalue weighted by atomic mass is 9.74. The van der Waals surface area contributed by atoms with Gasteiger partial charge in [0, 0.05) is 68.2 Å². The molecule has 352 valence electrons. The zero-order valence-electron chi connectivity index (χ0n) is 39.8. The number of hydrogen-bond acceptors (Lipinski definition) is 12. The Labute approximate surface area is 400 Å². The third-order valence-electron chi connectivity index (χ3n) is 14.6. The summed E-state index contributed by atoms with van der Waals surface area (Å²) in [5.74, 6) is 1.47. The second-order valence-electron chi connectivity index (χ2n) is 18.6. The van der Waals surface area contributed by atoms with Crippen LogP contribution in [0.1, 0.15) is 221 Å². The molecule has 0 radical (unpaired) electrons. The van der Waals surface area contributed by atoms with Gasteiger partial charge in [0.25, 0.3) is 0 Å². The van der Waals surface area contributed by atoms with Gasteiger partial charge in [-0.25, -0.2) is 0 Å². The molecule has 12 heteroatoms. The van der Waals surface area contributed by atoms with Crippen LogP contribution in [0.3, 0.4) is 0 Å². The fourth-order valence-electron chi connectivity index (χ4n) is 11.4. The van der Waals surface area contributed by atoms with E-state index in [1.54, 1.807) is 0 Å². The van der Waals surface area contributed by atoms with Crippen molar-refractivity contribution in [2.24, 2.45) is 0 Å². The van der Waals surface area contributed by atoms with Crippen molar-refractivity contribution in [3.05, 3.63) is 91.0 Å². The van der Waals surface area contributed by atoms with Crippen LogP contribution < -0.4 is 37.9 Å². The molecule has 12 nitrogen and oxygen atoms in total. The fraction of sp³-hybridized carbons (Fsp3) is 0.500. The Morgan fingerprint density at radius 2 is 0.500 bits per heavy atom. The Kier molecular flexibility index (Phi) is 14.1. The van der Waals surface area contributed by atoms with Crippen molar-refractivity contribution >= 4 is 0 Å². The number of unbranched alkanes of at least 4 members (excludes halogenated alkanes) is 8. The minimum Gasteiger partial charge on any atom is -0.456 e. The average Bonchev–Trinajstić information content (AvgIpc) is 3.33. The minimum atomic E-state index is -0.389. The van der Waals surface area contributed by atoms with Crippen molar-refractivity contribution in [1.29, 1.82) is 21.0 Å². The van der Waals surface area contributed by atoms with Crippen LogP contribution in [0, 0.1) is 45.3 Å². The van der Waals surface area contributed by atoms with Crippen LogP contribution in [-0.4, -0.2) is 27.2 Å². The predicted molar refractivity (Wildman–Crippen MR) is 253 cm³/mol. The molecule has 0 N–H and O–H groups in total. The van der Waals surface area contributed by atoms with Gasteiger partial charge in [-0.1, -0.05) is 105 Å². The minimum absolute atomic E-state index is 0.251. The van der Waals surface area contributed by atoms with Crippen LogP contribution in [0.15, 0.2) is 24.3 Å². The predicted octanol–water partition coefficient (Wildman–Crippen LogP) is 13.3. The number of nitriles is 4. The van der Waals surface area contributed by atoms with Crippen molar-refractivity contribution in [3.8, 4) is 70.3 Å². The van der Waals surface area contributed by atoms with Crippen LogP contribution >= 0.6 is 0 Å². The van der Waals surface area contributed by atoms with E-state index in [0.29, 0.717) is 71.7 Å². The summed E-state index contributed by atoms with van der Waals surface area (Å²) in [7, 11) is 0. The van der Waals surface area contributed by atoms with Gasteiger partial charge in [-0.15, -0.1) is 0 Å². The van der Waals surface area contributed by atoms with E-state index in [0.717, 1.165) is 122 Å². The number of rotatable bonds is 16. The molecule has 5 aliphatic rings. The maximum atomic E-state index is 11.3. The molecule has 9 rings (SSSR count). The lowest BCUT2D eigenvalue weighted by Gasteiger charge is -2.36. The number of benzene rings is 4. The Bertz CT molecular complexity index is 2260. The SMILES string of the molecule is CCCCCC1c2cc3c4c(C#N)c2OCOc2c1cc1c(c2C#N)OCOc2c(cc5c(c2C#N)OCOc2c(cc(c(c2C#N)OCO4)C3CCCCC)C5CCCCC)C1CCCCC. The standard InChI is InChI=1S/C56H60N4O8/c1-5-9-13-17-33-37-21-39-34(18-14-10-6-2)41-23-43-36(20-16-12-8-4)44-24-42-35(19-15-11-7-3)40-22-38(33)50-46(26-58)52(40)64-31-66-54(42)48(28-60)56(44)68-32-67-55(43)47(27-59)53(41)65-30-63-51(39)45(25-57)49(37)61-29-62-50/h21-24,33-36H,5-20,29-32H2,1-4H3. The van der Waals surface area contributed by atoms with Crippen LogP contribution in [-0.2, 0) is 0 Å². The molecule has 4 heterocycles. The Morgan fingerprint density at radius 3 is 0.647 bits per heavy atom. The number of nitrogens with zero attached hydrogens (tertiary/aromatic N) is 4. The molecular formula is C56H60N4O8. The molecule has 4 aromatic carbocycles. The average molecular weight is 917 g/mol. The lowest BCUT2D eigenvalue weighted by molar-refractivity contribution is 0.0972. The van der Waals surface area contributed by atoms with Crippen LogP contribution in [0.25, 0.3) is 0 Å². The second-order valence-corrected chi connectivity index (χ2v) is 18.6. The van der Waals surface area contributed by atoms with Gasteiger partial charge in [0.2, 0.25) is 27.2 Å². The van der Waals surface area contributed by atoms with Gasteiger partial charge >= 0.3 is 0 Å². The van der Waals surface area contributed by atoms with E-state index in [4.69, 9.17) is 37.9 Å². The molecule has 0 atom stereocenters. The third kappa shape index (κ3) is 8.13. The Morgan fingerprint density at radius 1 is 0.324 bits per heavy atom. The number of ether oxygens (including phenoxy) is 8. The third-order valence-corrected chi connectivity index (χ3v) is 14.6. The summed E-state index contributed by atoms with van der Waals surface area (Å²) in [5, 5.41) is 45.1. The molecule has 4 aliphatic heterocycles.